The molecule has 1 aromatic rings. The molecule has 7 heteroatoms. The molecule has 4 rings (SSSR count). The van der Waals surface area contributed by atoms with E-state index >= 15 is 0 Å². The molecule has 2 saturated heterocycles. The summed E-state index contributed by atoms with van der Waals surface area (Å²) in [5, 5.41) is 9.32. The van der Waals surface area contributed by atoms with Crippen molar-refractivity contribution < 1.29 is 9.59 Å². The van der Waals surface area contributed by atoms with Crippen LogP contribution in [0.25, 0.3) is 0 Å². The van der Waals surface area contributed by atoms with E-state index in [4.69, 9.17) is 0 Å². The molecule has 25 heavy (non-hydrogen) atoms. The van der Waals surface area contributed by atoms with E-state index in [2.05, 4.69) is 15.6 Å². The third kappa shape index (κ3) is 4.03. The number of nitrogens with one attached hydrogen (secondary N) is 2. The van der Waals surface area contributed by atoms with Crippen LogP contribution in [0.3, 0.4) is 0 Å². The minimum absolute atomic E-state index is 0.0304. The number of hydrogen-bond acceptors (Lipinski definition) is 5. The molecule has 3 fully saturated rings. The fourth-order valence-electron chi connectivity index (χ4n) is 3.76. The Morgan fingerprint density at radius 3 is 2.92 bits per heavy atom. The van der Waals surface area contributed by atoms with Crippen molar-refractivity contribution in [3.63, 3.8) is 0 Å². The first-order valence-corrected chi connectivity index (χ1v) is 10.3. The molecule has 2 aliphatic heterocycles. The second kappa shape index (κ2) is 7.41. The quantitative estimate of drug-likeness (QED) is 0.837. The Morgan fingerprint density at radius 2 is 2.16 bits per heavy atom. The third-order valence-electron chi connectivity index (χ3n) is 5.42. The van der Waals surface area contributed by atoms with Gasteiger partial charge >= 0.3 is 0 Å². The van der Waals surface area contributed by atoms with Crippen LogP contribution in [0.2, 0.25) is 0 Å². The number of piperidine rings is 1. The van der Waals surface area contributed by atoms with Crippen LogP contribution >= 0.6 is 11.3 Å². The van der Waals surface area contributed by atoms with Gasteiger partial charge < -0.3 is 15.5 Å². The Kier molecular flexibility index (Phi) is 5.03. The van der Waals surface area contributed by atoms with Gasteiger partial charge in [0.05, 0.1) is 11.0 Å². The lowest BCUT2D eigenvalue weighted by Crippen LogP contribution is -2.46. The normalized spacial score (nSPS) is 26.6. The summed E-state index contributed by atoms with van der Waals surface area (Å²) < 4.78 is 0. The molecule has 1 saturated carbocycles. The number of nitrogens with zero attached hydrogens (tertiary/aromatic N) is 2. The Morgan fingerprint density at radius 1 is 1.28 bits per heavy atom. The van der Waals surface area contributed by atoms with Crippen LogP contribution in [0, 0.1) is 5.92 Å². The van der Waals surface area contributed by atoms with E-state index < -0.39 is 0 Å². The highest BCUT2D eigenvalue weighted by Crippen LogP contribution is 2.41. The monoisotopic (exact) mass is 362 g/mol. The van der Waals surface area contributed by atoms with Crippen molar-refractivity contribution >= 4 is 23.2 Å². The maximum atomic E-state index is 12.7. The van der Waals surface area contributed by atoms with Crippen LogP contribution in [0.4, 0.5) is 0 Å². The third-order valence-corrected chi connectivity index (χ3v) is 6.42. The fourth-order valence-corrected chi connectivity index (χ4v) is 4.72. The second-order valence-corrected chi connectivity index (χ2v) is 8.39. The zero-order chi connectivity index (χ0) is 17.2. The summed E-state index contributed by atoms with van der Waals surface area (Å²) in [4.78, 5) is 31.3. The molecule has 0 spiro atoms. The second-order valence-electron chi connectivity index (χ2n) is 7.50. The molecule has 3 heterocycles. The van der Waals surface area contributed by atoms with E-state index in [1.54, 1.807) is 11.3 Å². The van der Waals surface area contributed by atoms with Gasteiger partial charge in [0.2, 0.25) is 5.91 Å². The van der Waals surface area contributed by atoms with Gasteiger partial charge in [0.15, 0.2) is 0 Å². The summed E-state index contributed by atoms with van der Waals surface area (Å²) in [7, 11) is 0. The average molecular weight is 362 g/mol. The first kappa shape index (κ1) is 17.0. The summed E-state index contributed by atoms with van der Waals surface area (Å²) in [6.07, 6.45) is 6.47. The fraction of sp³-hybridized carbons (Fsp3) is 0.722. The van der Waals surface area contributed by atoms with Gasteiger partial charge in [-0.15, -0.1) is 11.3 Å². The van der Waals surface area contributed by atoms with Gasteiger partial charge in [0.25, 0.3) is 5.91 Å². The molecule has 3 aliphatic rings. The highest BCUT2D eigenvalue weighted by Gasteiger charge is 2.30. The summed E-state index contributed by atoms with van der Waals surface area (Å²) >= 11 is 1.62. The zero-order valence-electron chi connectivity index (χ0n) is 14.5. The molecule has 0 radical (unpaired) electrons. The Balaban J connectivity index is 1.29. The first-order chi connectivity index (χ1) is 12.2. The number of carbonyl (C=O) groups excluding carboxylic acids is 2. The number of likely N-dealkylation sites (tertiary alicyclic amines) is 1. The zero-order valence-corrected chi connectivity index (χ0v) is 15.3. The van der Waals surface area contributed by atoms with Gasteiger partial charge in [-0.05, 0) is 51.0 Å². The maximum absolute atomic E-state index is 12.7. The Bertz CT molecular complexity index is 637. The van der Waals surface area contributed by atoms with Crippen molar-refractivity contribution in [2.75, 3.05) is 26.2 Å². The van der Waals surface area contributed by atoms with Gasteiger partial charge in [-0.3, -0.25) is 9.59 Å². The molecule has 6 nitrogen and oxygen atoms in total. The molecule has 0 bridgehead atoms. The average Bonchev–Trinajstić information content (AvgIpc) is 3.14. The molecule has 2 atom stereocenters. The number of thiazole rings is 1. The van der Waals surface area contributed by atoms with E-state index in [-0.39, 0.29) is 17.9 Å². The number of rotatable bonds is 5. The van der Waals surface area contributed by atoms with Gasteiger partial charge in [0, 0.05) is 30.9 Å². The van der Waals surface area contributed by atoms with E-state index in [9.17, 15) is 9.59 Å². The van der Waals surface area contributed by atoms with Crippen molar-refractivity contribution in [3.8, 4) is 0 Å². The molecular formula is C18H26N4O2S. The van der Waals surface area contributed by atoms with Crippen LogP contribution in [-0.4, -0.2) is 53.9 Å². The maximum Gasteiger partial charge on any atom is 0.273 e. The van der Waals surface area contributed by atoms with Crippen LogP contribution in [0.1, 0.15) is 59.9 Å². The SMILES string of the molecule is O=C(NCC1CCCN(C(=O)c2csc(C3CC3)n2)C1)C1CCCN1. The van der Waals surface area contributed by atoms with Crippen LogP contribution < -0.4 is 10.6 Å². The van der Waals surface area contributed by atoms with Crippen molar-refractivity contribution in [3.05, 3.63) is 16.1 Å². The molecule has 1 aromatic heterocycles. The topological polar surface area (TPSA) is 74.3 Å². The van der Waals surface area contributed by atoms with Crippen molar-refractivity contribution in [2.24, 2.45) is 5.92 Å². The predicted octanol–water partition coefficient (Wildman–Crippen LogP) is 1.74. The standard InChI is InChI=1S/C18H26N4O2S/c23-16(14-4-1-7-19-14)20-9-12-3-2-8-22(10-12)18(24)15-11-25-17(21-15)13-5-6-13/h11-14,19H,1-10H2,(H,20,23). The van der Waals surface area contributed by atoms with E-state index in [1.807, 2.05) is 10.3 Å². The first-order valence-electron chi connectivity index (χ1n) is 9.46. The number of aromatic nitrogens is 1. The Hall–Kier alpha value is -1.47. The van der Waals surface area contributed by atoms with Crippen molar-refractivity contribution in [2.45, 2.75) is 50.5 Å². The largest absolute Gasteiger partial charge is 0.354 e. The molecule has 0 aromatic carbocycles. The number of amides is 2. The highest BCUT2D eigenvalue weighted by molar-refractivity contribution is 7.10. The summed E-state index contributed by atoms with van der Waals surface area (Å²) in [5.41, 5.74) is 0.603. The lowest BCUT2D eigenvalue weighted by molar-refractivity contribution is -0.123. The highest BCUT2D eigenvalue weighted by atomic mass is 32.1. The van der Waals surface area contributed by atoms with Crippen LogP contribution in [0.5, 0.6) is 0 Å². The summed E-state index contributed by atoms with van der Waals surface area (Å²) in [6, 6.07) is -0.0304. The molecule has 2 amide bonds. The predicted molar refractivity (Wildman–Crippen MR) is 96.8 cm³/mol. The lowest BCUT2D eigenvalue weighted by Gasteiger charge is -2.32. The van der Waals surface area contributed by atoms with Gasteiger partial charge in [-0.25, -0.2) is 4.98 Å². The summed E-state index contributed by atoms with van der Waals surface area (Å²) in [6.45, 7) is 3.10. The minimum Gasteiger partial charge on any atom is -0.354 e. The minimum atomic E-state index is -0.0304. The van der Waals surface area contributed by atoms with E-state index in [0.717, 1.165) is 43.8 Å². The lowest BCUT2D eigenvalue weighted by atomic mass is 9.97. The number of hydrogen-bond donors (Lipinski definition) is 2. The van der Waals surface area contributed by atoms with Gasteiger partial charge in [-0.1, -0.05) is 0 Å². The van der Waals surface area contributed by atoms with Crippen molar-refractivity contribution in [1.82, 2.24) is 20.5 Å². The molecule has 2 N–H and O–H groups in total. The Labute approximate surface area is 152 Å². The smallest absolute Gasteiger partial charge is 0.273 e. The summed E-state index contributed by atoms with van der Waals surface area (Å²) in [5.74, 6) is 1.09. The van der Waals surface area contributed by atoms with E-state index in [1.165, 1.54) is 12.8 Å². The van der Waals surface area contributed by atoms with Crippen LogP contribution in [0.15, 0.2) is 5.38 Å². The molecule has 136 valence electrons. The molecular weight excluding hydrogens is 336 g/mol. The van der Waals surface area contributed by atoms with Gasteiger partial charge in [0.1, 0.15) is 5.69 Å². The molecule has 1 aliphatic carbocycles. The number of carbonyl (C=O) groups is 2. The van der Waals surface area contributed by atoms with Crippen LogP contribution in [-0.2, 0) is 4.79 Å². The van der Waals surface area contributed by atoms with E-state index in [0.29, 0.717) is 30.6 Å². The molecule has 2 unspecified atom stereocenters. The van der Waals surface area contributed by atoms with Crippen molar-refractivity contribution in [1.29, 1.82) is 0 Å². The van der Waals surface area contributed by atoms with Gasteiger partial charge in [-0.2, -0.15) is 0 Å².